The minimum Gasteiger partial charge on any atom is -0.325 e. The van der Waals surface area contributed by atoms with E-state index in [0.717, 1.165) is 0 Å². The van der Waals surface area contributed by atoms with Crippen LogP contribution in [0.3, 0.4) is 0 Å². The molecule has 0 fully saturated rings. The fraction of sp³-hybridized carbons (Fsp3) is 1.00. The Bertz CT molecular complexity index is 99.7. The normalized spacial score (nSPS) is 16.8. The Hall–Kier alpha value is 0.0249. The Kier molecular flexibility index (Phi) is 4.82. The summed E-state index contributed by atoms with van der Waals surface area (Å²) in [5.41, 5.74) is 6.15. The molecular weight excluding hydrogens is 133 g/mol. The van der Waals surface area contributed by atoms with Crippen LogP contribution in [0.5, 0.6) is 0 Å². The maximum Gasteiger partial charge on any atom is 0.101 e. The standard InChI is InChI=1S/C9H22BN/c1-8(2)9(3,11)6-4-5-7-10/h8H,4-7,10-11H2,1-3H3. The Labute approximate surface area is 72.2 Å². The number of unbranched alkanes of at least 4 members (excludes halogenated alkanes) is 1. The highest BCUT2D eigenvalue weighted by Crippen LogP contribution is 2.20. The van der Waals surface area contributed by atoms with Gasteiger partial charge in [-0.05, 0) is 19.3 Å². The Morgan fingerprint density at radius 2 is 1.91 bits per heavy atom. The maximum absolute atomic E-state index is 6.10. The minimum atomic E-state index is 0.0508. The monoisotopic (exact) mass is 155 g/mol. The molecule has 0 heterocycles. The lowest BCUT2D eigenvalue weighted by molar-refractivity contribution is 0.309. The molecule has 0 amide bonds. The van der Waals surface area contributed by atoms with Crippen LogP contribution < -0.4 is 5.73 Å². The lowest BCUT2D eigenvalue weighted by Gasteiger charge is -2.29. The van der Waals surface area contributed by atoms with Crippen molar-refractivity contribution in [1.29, 1.82) is 0 Å². The third kappa shape index (κ3) is 4.46. The molecule has 2 N–H and O–H groups in total. The first-order valence-electron chi connectivity index (χ1n) is 4.79. The molecule has 0 aliphatic rings. The van der Waals surface area contributed by atoms with E-state index >= 15 is 0 Å². The molecule has 11 heavy (non-hydrogen) atoms. The van der Waals surface area contributed by atoms with Crippen LogP contribution in [0.2, 0.25) is 6.32 Å². The molecule has 66 valence electrons. The number of hydrogen-bond donors (Lipinski definition) is 1. The molecule has 0 aromatic rings. The second kappa shape index (κ2) is 4.81. The summed E-state index contributed by atoms with van der Waals surface area (Å²) in [6.45, 7) is 6.56. The van der Waals surface area contributed by atoms with Crippen molar-refractivity contribution in [2.24, 2.45) is 11.7 Å². The topological polar surface area (TPSA) is 26.0 Å². The van der Waals surface area contributed by atoms with Gasteiger partial charge in [-0.3, -0.25) is 0 Å². The first-order valence-corrected chi connectivity index (χ1v) is 4.79. The van der Waals surface area contributed by atoms with Gasteiger partial charge in [0.2, 0.25) is 0 Å². The van der Waals surface area contributed by atoms with Crippen LogP contribution in [0.25, 0.3) is 0 Å². The summed E-state index contributed by atoms with van der Waals surface area (Å²) < 4.78 is 0. The molecule has 0 aliphatic heterocycles. The third-order valence-corrected chi connectivity index (χ3v) is 2.64. The fourth-order valence-corrected chi connectivity index (χ4v) is 1.04. The average molecular weight is 155 g/mol. The van der Waals surface area contributed by atoms with Gasteiger partial charge in [-0.1, -0.05) is 33.0 Å². The molecule has 0 rings (SSSR count). The fourth-order valence-electron chi connectivity index (χ4n) is 1.04. The molecule has 0 bridgehead atoms. The summed E-state index contributed by atoms with van der Waals surface area (Å²) in [4.78, 5) is 0. The molecular formula is C9H22BN. The van der Waals surface area contributed by atoms with Crippen LogP contribution in [0, 0.1) is 5.92 Å². The molecule has 1 atom stereocenters. The van der Waals surface area contributed by atoms with E-state index in [9.17, 15) is 0 Å². The zero-order chi connectivity index (χ0) is 8.91. The second-order valence-electron chi connectivity index (χ2n) is 4.12. The zero-order valence-electron chi connectivity index (χ0n) is 8.48. The van der Waals surface area contributed by atoms with E-state index < -0.39 is 0 Å². The smallest absolute Gasteiger partial charge is 0.101 e. The molecule has 0 aromatic heterocycles. The SMILES string of the molecule is BCCCCC(C)(N)C(C)C. The van der Waals surface area contributed by atoms with Crippen LogP contribution in [-0.2, 0) is 0 Å². The van der Waals surface area contributed by atoms with Gasteiger partial charge >= 0.3 is 0 Å². The summed E-state index contributed by atoms with van der Waals surface area (Å²) in [5.74, 6) is 0.597. The van der Waals surface area contributed by atoms with E-state index in [1.54, 1.807) is 0 Å². The van der Waals surface area contributed by atoms with E-state index in [1.165, 1.54) is 25.6 Å². The second-order valence-corrected chi connectivity index (χ2v) is 4.12. The first-order chi connectivity index (χ1) is 5.00. The van der Waals surface area contributed by atoms with E-state index in [2.05, 4.69) is 28.6 Å². The van der Waals surface area contributed by atoms with Gasteiger partial charge in [-0.2, -0.15) is 0 Å². The molecule has 2 heteroatoms. The predicted molar refractivity (Wildman–Crippen MR) is 54.6 cm³/mol. The summed E-state index contributed by atoms with van der Waals surface area (Å²) in [5, 5.41) is 0. The Balaban J connectivity index is 3.55. The van der Waals surface area contributed by atoms with Gasteiger partial charge in [0.25, 0.3) is 0 Å². The number of hydrogen-bond acceptors (Lipinski definition) is 1. The number of rotatable bonds is 5. The minimum absolute atomic E-state index is 0.0508. The molecule has 1 unspecified atom stereocenters. The van der Waals surface area contributed by atoms with Gasteiger partial charge in [-0.15, -0.1) is 0 Å². The third-order valence-electron chi connectivity index (χ3n) is 2.64. The van der Waals surface area contributed by atoms with Gasteiger partial charge < -0.3 is 5.73 Å². The van der Waals surface area contributed by atoms with E-state index in [-0.39, 0.29) is 5.54 Å². The van der Waals surface area contributed by atoms with Crippen molar-refractivity contribution in [3.05, 3.63) is 0 Å². The van der Waals surface area contributed by atoms with Crippen LogP contribution in [0.4, 0.5) is 0 Å². The molecule has 0 aliphatic carbocycles. The van der Waals surface area contributed by atoms with Crippen LogP contribution >= 0.6 is 0 Å². The molecule has 0 aromatic carbocycles. The average Bonchev–Trinajstić information content (AvgIpc) is 1.88. The molecule has 0 saturated heterocycles. The lowest BCUT2D eigenvalue weighted by Crippen LogP contribution is -2.41. The summed E-state index contributed by atoms with van der Waals surface area (Å²) in [6.07, 6.45) is 5.05. The molecule has 1 nitrogen and oxygen atoms in total. The number of nitrogens with two attached hydrogens (primary N) is 1. The zero-order valence-corrected chi connectivity index (χ0v) is 8.48. The Morgan fingerprint density at radius 3 is 2.27 bits per heavy atom. The van der Waals surface area contributed by atoms with Crippen LogP contribution in [0.15, 0.2) is 0 Å². The highest BCUT2D eigenvalue weighted by atomic mass is 14.7. The summed E-state index contributed by atoms with van der Waals surface area (Å²) in [6, 6.07) is 0. The van der Waals surface area contributed by atoms with Crippen molar-refractivity contribution >= 4 is 7.85 Å². The van der Waals surface area contributed by atoms with E-state index in [4.69, 9.17) is 5.73 Å². The first kappa shape index (κ1) is 11.0. The van der Waals surface area contributed by atoms with Gasteiger partial charge in [0.1, 0.15) is 7.85 Å². The van der Waals surface area contributed by atoms with Crippen molar-refractivity contribution in [1.82, 2.24) is 0 Å². The summed E-state index contributed by atoms with van der Waals surface area (Å²) in [7, 11) is 2.23. The quantitative estimate of drug-likeness (QED) is 0.473. The van der Waals surface area contributed by atoms with Crippen molar-refractivity contribution < 1.29 is 0 Å². The highest BCUT2D eigenvalue weighted by molar-refractivity contribution is 6.08. The van der Waals surface area contributed by atoms with Crippen LogP contribution in [-0.4, -0.2) is 13.4 Å². The molecule has 0 spiro atoms. The molecule has 0 saturated carbocycles. The highest BCUT2D eigenvalue weighted by Gasteiger charge is 2.21. The van der Waals surface area contributed by atoms with Gasteiger partial charge in [0, 0.05) is 5.54 Å². The van der Waals surface area contributed by atoms with Crippen molar-refractivity contribution in [3.8, 4) is 0 Å². The maximum atomic E-state index is 6.10. The van der Waals surface area contributed by atoms with E-state index in [0.29, 0.717) is 5.92 Å². The van der Waals surface area contributed by atoms with Crippen molar-refractivity contribution in [2.45, 2.75) is 51.9 Å². The Morgan fingerprint density at radius 1 is 1.36 bits per heavy atom. The predicted octanol–water partition coefficient (Wildman–Crippen LogP) is 1.58. The van der Waals surface area contributed by atoms with Gasteiger partial charge in [0.15, 0.2) is 0 Å². The van der Waals surface area contributed by atoms with Gasteiger partial charge in [-0.25, -0.2) is 0 Å². The van der Waals surface area contributed by atoms with Crippen molar-refractivity contribution in [2.75, 3.05) is 0 Å². The lowest BCUT2D eigenvalue weighted by atomic mass is 9.84. The van der Waals surface area contributed by atoms with Crippen molar-refractivity contribution in [3.63, 3.8) is 0 Å². The largest absolute Gasteiger partial charge is 0.325 e. The summed E-state index contributed by atoms with van der Waals surface area (Å²) >= 11 is 0. The molecule has 0 radical (unpaired) electrons. The van der Waals surface area contributed by atoms with Gasteiger partial charge in [0.05, 0.1) is 0 Å². The van der Waals surface area contributed by atoms with E-state index in [1.807, 2.05) is 0 Å². The van der Waals surface area contributed by atoms with Crippen LogP contribution in [0.1, 0.15) is 40.0 Å².